The van der Waals surface area contributed by atoms with Crippen LogP contribution in [0.1, 0.15) is 49.4 Å². The summed E-state index contributed by atoms with van der Waals surface area (Å²) in [6.07, 6.45) is 5.91. The minimum Gasteiger partial charge on any atom is -0.356 e. The number of fused-ring (bicyclic) bond motifs is 3. The van der Waals surface area contributed by atoms with Crippen molar-refractivity contribution in [3.05, 3.63) is 45.6 Å². The predicted molar refractivity (Wildman–Crippen MR) is 123 cm³/mol. The first-order valence-corrected chi connectivity index (χ1v) is 12.3. The number of halogens is 1. The molecule has 28 heavy (non-hydrogen) atoms. The van der Waals surface area contributed by atoms with Crippen LogP contribution in [-0.4, -0.2) is 23.1 Å². The first-order valence-electron chi connectivity index (χ1n) is 10.1. The van der Waals surface area contributed by atoms with Gasteiger partial charge in [0.1, 0.15) is 16.5 Å². The molecule has 2 aromatic heterocycles. The Morgan fingerprint density at radius 3 is 2.54 bits per heavy atom. The summed E-state index contributed by atoms with van der Waals surface area (Å²) >= 11 is 9.67. The van der Waals surface area contributed by atoms with E-state index in [1.54, 1.807) is 11.8 Å². The Morgan fingerprint density at radius 1 is 1.07 bits per heavy atom. The molecule has 4 rings (SSSR count). The highest BCUT2D eigenvalue weighted by Gasteiger charge is 2.24. The molecular formula is C22H26ClN3S2. The van der Waals surface area contributed by atoms with Crippen molar-refractivity contribution < 1.29 is 0 Å². The van der Waals surface area contributed by atoms with Crippen molar-refractivity contribution in [1.82, 2.24) is 9.97 Å². The fourth-order valence-electron chi connectivity index (χ4n) is 3.86. The van der Waals surface area contributed by atoms with Gasteiger partial charge in [-0.15, -0.1) is 23.1 Å². The topological polar surface area (TPSA) is 29.0 Å². The maximum atomic E-state index is 6.01. The van der Waals surface area contributed by atoms with Gasteiger partial charge >= 0.3 is 0 Å². The van der Waals surface area contributed by atoms with Crippen LogP contribution >= 0.6 is 34.7 Å². The van der Waals surface area contributed by atoms with Crippen LogP contribution in [0.25, 0.3) is 10.2 Å². The molecule has 1 aromatic carbocycles. The number of hydrogen-bond acceptors (Lipinski definition) is 5. The standard InChI is InChI=1S/C22H26ClN3S2/c1-3-12-26(13-4-2)21-20-17-6-5-7-18(17)28-22(20)25-19(24-21)14-27-16-10-8-15(23)9-11-16/h8-11H,3-7,12-14H2,1-2H3. The number of nitrogens with zero attached hydrogens (tertiary/aromatic N) is 3. The van der Waals surface area contributed by atoms with Gasteiger partial charge in [0, 0.05) is 27.9 Å². The van der Waals surface area contributed by atoms with Crippen LogP contribution in [0.3, 0.4) is 0 Å². The van der Waals surface area contributed by atoms with Gasteiger partial charge in [0.25, 0.3) is 0 Å². The lowest BCUT2D eigenvalue weighted by Gasteiger charge is -2.24. The molecule has 1 aliphatic rings. The van der Waals surface area contributed by atoms with Gasteiger partial charge in [0.2, 0.25) is 0 Å². The Morgan fingerprint density at radius 2 is 1.82 bits per heavy atom. The average molecular weight is 432 g/mol. The Bertz CT molecular complexity index is 947. The lowest BCUT2D eigenvalue weighted by molar-refractivity contribution is 0.734. The maximum Gasteiger partial charge on any atom is 0.142 e. The molecule has 0 spiro atoms. The highest BCUT2D eigenvalue weighted by Crippen LogP contribution is 2.41. The predicted octanol–water partition coefficient (Wildman–Crippen LogP) is 6.75. The quantitative estimate of drug-likeness (QED) is 0.369. The third-order valence-corrected chi connectivity index (χ3v) is 7.51. The number of hydrogen-bond donors (Lipinski definition) is 0. The molecule has 0 saturated carbocycles. The summed E-state index contributed by atoms with van der Waals surface area (Å²) in [6, 6.07) is 8.00. The third kappa shape index (κ3) is 4.17. The van der Waals surface area contributed by atoms with Crippen LogP contribution < -0.4 is 4.90 Å². The summed E-state index contributed by atoms with van der Waals surface area (Å²) in [6.45, 7) is 6.59. The second-order valence-corrected chi connectivity index (χ2v) is 9.80. The van der Waals surface area contributed by atoms with E-state index in [1.807, 2.05) is 23.5 Å². The van der Waals surface area contributed by atoms with Gasteiger partial charge in [-0.05, 0) is 61.9 Å². The average Bonchev–Trinajstić information content (AvgIpc) is 3.28. The molecule has 0 saturated heterocycles. The largest absolute Gasteiger partial charge is 0.356 e. The fraction of sp³-hybridized carbons (Fsp3) is 0.455. The number of rotatable bonds is 8. The highest BCUT2D eigenvalue weighted by atomic mass is 35.5. The first-order chi connectivity index (χ1) is 13.7. The van der Waals surface area contributed by atoms with Crippen molar-refractivity contribution in [2.75, 3.05) is 18.0 Å². The zero-order chi connectivity index (χ0) is 19.5. The molecule has 6 heteroatoms. The van der Waals surface area contributed by atoms with Crippen LogP contribution in [0.2, 0.25) is 5.02 Å². The highest BCUT2D eigenvalue weighted by molar-refractivity contribution is 7.98. The molecule has 1 aliphatic carbocycles. The zero-order valence-corrected chi connectivity index (χ0v) is 18.9. The van der Waals surface area contributed by atoms with Crippen LogP contribution in [0.4, 0.5) is 5.82 Å². The van der Waals surface area contributed by atoms with Crippen LogP contribution in [0.5, 0.6) is 0 Å². The lowest BCUT2D eigenvalue weighted by atomic mass is 10.1. The van der Waals surface area contributed by atoms with Crippen molar-refractivity contribution in [2.45, 2.75) is 56.6 Å². The maximum absolute atomic E-state index is 6.01. The SMILES string of the molecule is CCCN(CCC)c1nc(CSc2ccc(Cl)cc2)nc2sc3c(c12)CCC3. The molecule has 2 heterocycles. The summed E-state index contributed by atoms with van der Waals surface area (Å²) < 4.78 is 0. The van der Waals surface area contributed by atoms with Gasteiger partial charge in [-0.2, -0.15) is 0 Å². The Hall–Kier alpha value is -1.30. The molecule has 0 atom stereocenters. The van der Waals surface area contributed by atoms with E-state index in [0.717, 1.165) is 42.5 Å². The van der Waals surface area contributed by atoms with E-state index in [-0.39, 0.29) is 0 Å². The van der Waals surface area contributed by atoms with E-state index < -0.39 is 0 Å². The molecule has 0 amide bonds. The van der Waals surface area contributed by atoms with E-state index in [9.17, 15) is 0 Å². The van der Waals surface area contributed by atoms with Crippen LogP contribution in [0, 0.1) is 0 Å². The molecule has 0 unspecified atom stereocenters. The van der Waals surface area contributed by atoms with Gasteiger partial charge in [-0.25, -0.2) is 9.97 Å². The number of thioether (sulfide) groups is 1. The Balaban J connectivity index is 1.70. The van der Waals surface area contributed by atoms with Crippen molar-refractivity contribution in [3.63, 3.8) is 0 Å². The Labute approximate surface area is 180 Å². The molecule has 148 valence electrons. The molecule has 3 nitrogen and oxygen atoms in total. The second kappa shape index (κ2) is 9.02. The van der Waals surface area contributed by atoms with Crippen LogP contribution in [0.15, 0.2) is 29.2 Å². The van der Waals surface area contributed by atoms with Gasteiger partial charge in [0.05, 0.1) is 11.1 Å². The second-order valence-electron chi connectivity index (χ2n) is 7.23. The molecule has 0 fully saturated rings. The smallest absolute Gasteiger partial charge is 0.142 e. The first kappa shape index (κ1) is 20.0. The zero-order valence-electron chi connectivity index (χ0n) is 16.5. The van der Waals surface area contributed by atoms with Crippen LogP contribution in [-0.2, 0) is 18.6 Å². The van der Waals surface area contributed by atoms with E-state index in [1.165, 1.54) is 50.6 Å². The van der Waals surface area contributed by atoms with Gasteiger partial charge in [-0.1, -0.05) is 25.4 Å². The molecule has 0 radical (unpaired) electrons. The summed E-state index contributed by atoms with van der Waals surface area (Å²) in [5.41, 5.74) is 1.52. The van der Waals surface area contributed by atoms with E-state index in [4.69, 9.17) is 21.6 Å². The molecule has 0 N–H and O–H groups in total. The van der Waals surface area contributed by atoms with Crippen molar-refractivity contribution in [1.29, 1.82) is 0 Å². The van der Waals surface area contributed by atoms with Gasteiger partial charge in [-0.3, -0.25) is 0 Å². The molecule has 0 aliphatic heterocycles. The van der Waals surface area contributed by atoms with Gasteiger partial charge < -0.3 is 4.90 Å². The van der Waals surface area contributed by atoms with E-state index in [0.29, 0.717) is 0 Å². The number of aryl methyl sites for hydroxylation is 2. The number of thiophene rings is 1. The summed E-state index contributed by atoms with van der Waals surface area (Å²) in [5.74, 6) is 2.87. The number of aromatic nitrogens is 2. The van der Waals surface area contributed by atoms with Crippen molar-refractivity contribution in [2.24, 2.45) is 0 Å². The normalized spacial score (nSPS) is 13.2. The monoisotopic (exact) mass is 431 g/mol. The fourth-order valence-corrected chi connectivity index (χ4v) is 6.01. The summed E-state index contributed by atoms with van der Waals surface area (Å²) in [7, 11) is 0. The lowest BCUT2D eigenvalue weighted by Crippen LogP contribution is -2.26. The van der Waals surface area contributed by atoms with Crippen molar-refractivity contribution >= 4 is 50.7 Å². The van der Waals surface area contributed by atoms with E-state index >= 15 is 0 Å². The van der Waals surface area contributed by atoms with Gasteiger partial charge in [0.15, 0.2) is 0 Å². The number of benzene rings is 1. The van der Waals surface area contributed by atoms with E-state index in [2.05, 4.69) is 30.9 Å². The minimum absolute atomic E-state index is 0.771. The third-order valence-electron chi connectivity index (χ3n) is 5.06. The molecule has 0 bridgehead atoms. The summed E-state index contributed by atoms with van der Waals surface area (Å²) in [4.78, 5) is 16.4. The number of anilines is 1. The van der Waals surface area contributed by atoms with Crippen molar-refractivity contribution in [3.8, 4) is 0 Å². The molecule has 3 aromatic rings. The Kier molecular flexibility index (Phi) is 6.44. The summed E-state index contributed by atoms with van der Waals surface area (Å²) in [5, 5.41) is 2.10. The molecular weight excluding hydrogens is 406 g/mol. The minimum atomic E-state index is 0.771.